The molecule has 0 N–H and O–H groups in total. The lowest BCUT2D eigenvalue weighted by Crippen LogP contribution is -2.32. The minimum Gasteiger partial charge on any atom is -0.0622 e. The second-order valence-corrected chi connectivity index (χ2v) is 9.30. The Balaban J connectivity index is 2.28. The number of benzene rings is 2. The van der Waals surface area contributed by atoms with Crippen LogP contribution in [0.4, 0.5) is 0 Å². The Morgan fingerprint density at radius 2 is 1.57 bits per heavy atom. The summed E-state index contributed by atoms with van der Waals surface area (Å²) in [5.41, 5.74) is 6.59. The van der Waals surface area contributed by atoms with Gasteiger partial charge in [0.25, 0.3) is 0 Å². The van der Waals surface area contributed by atoms with Gasteiger partial charge in [-0.05, 0) is 47.3 Å². The quantitative estimate of drug-likeness (QED) is 0.602. The molecule has 0 aliphatic heterocycles. The lowest BCUT2D eigenvalue weighted by molar-refractivity contribution is 0.262. The third kappa shape index (κ3) is 2.84. The number of aryl methyl sites for hydroxylation is 1. The van der Waals surface area contributed by atoms with Crippen LogP contribution in [0, 0.1) is 12.3 Å². The molecule has 23 heavy (non-hydrogen) atoms. The first-order valence-corrected chi connectivity index (χ1v) is 8.81. The van der Waals surface area contributed by atoms with Gasteiger partial charge in [0.05, 0.1) is 0 Å². The van der Waals surface area contributed by atoms with E-state index in [0.29, 0.717) is 0 Å². The average molecular weight is 306 g/mol. The molecule has 0 radical (unpaired) electrons. The van der Waals surface area contributed by atoms with E-state index in [4.69, 9.17) is 0 Å². The molecule has 0 heteroatoms. The minimum absolute atomic E-state index is 0.129. The second kappa shape index (κ2) is 5.23. The van der Waals surface area contributed by atoms with Gasteiger partial charge in [-0.15, -0.1) is 0 Å². The van der Waals surface area contributed by atoms with Gasteiger partial charge in [-0.1, -0.05) is 88.7 Å². The molecule has 1 aliphatic rings. The lowest BCUT2D eigenvalue weighted by atomic mass is 9.65. The molecule has 0 aromatic heterocycles. The van der Waals surface area contributed by atoms with Crippen LogP contribution in [-0.2, 0) is 10.8 Å². The van der Waals surface area contributed by atoms with E-state index in [-0.39, 0.29) is 16.2 Å². The second-order valence-electron chi connectivity index (χ2n) is 9.30. The number of hydrogen-bond acceptors (Lipinski definition) is 0. The van der Waals surface area contributed by atoms with Gasteiger partial charge in [-0.3, -0.25) is 0 Å². The summed E-state index contributed by atoms with van der Waals surface area (Å²) in [6, 6.07) is 18.3. The normalized spacial score (nSPS) is 22.9. The van der Waals surface area contributed by atoms with Gasteiger partial charge in [-0.2, -0.15) is 0 Å². The first-order chi connectivity index (χ1) is 10.6. The Morgan fingerprint density at radius 3 is 2.17 bits per heavy atom. The molecule has 1 unspecified atom stereocenters. The molecular formula is C23H30. The molecule has 3 rings (SSSR count). The molecule has 0 nitrogen and oxygen atoms in total. The van der Waals surface area contributed by atoms with E-state index in [1.54, 1.807) is 5.56 Å². The van der Waals surface area contributed by atoms with Crippen molar-refractivity contribution in [2.45, 2.75) is 65.2 Å². The molecule has 1 aliphatic carbocycles. The van der Waals surface area contributed by atoms with E-state index in [1.165, 1.54) is 29.5 Å². The Hall–Kier alpha value is -1.56. The van der Waals surface area contributed by atoms with E-state index in [9.17, 15) is 0 Å². The van der Waals surface area contributed by atoms with Crippen molar-refractivity contribution in [2.24, 2.45) is 5.41 Å². The van der Waals surface area contributed by atoms with Gasteiger partial charge >= 0.3 is 0 Å². The first kappa shape index (κ1) is 16.3. The van der Waals surface area contributed by atoms with Crippen LogP contribution in [0.15, 0.2) is 48.5 Å². The maximum atomic E-state index is 2.45. The zero-order chi connectivity index (χ0) is 16.9. The summed E-state index contributed by atoms with van der Waals surface area (Å²) in [4.78, 5) is 0. The van der Waals surface area contributed by atoms with Crippen LogP contribution in [0.3, 0.4) is 0 Å². The largest absolute Gasteiger partial charge is 0.0622 e. The fourth-order valence-electron chi connectivity index (χ4n) is 4.77. The lowest BCUT2D eigenvalue weighted by Gasteiger charge is -2.38. The van der Waals surface area contributed by atoms with Crippen molar-refractivity contribution in [3.8, 4) is 0 Å². The monoisotopic (exact) mass is 306 g/mol. The predicted octanol–water partition coefficient (Wildman–Crippen LogP) is 6.40. The van der Waals surface area contributed by atoms with Gasteiger partial charge in [0, 0.05) is 5.41 Å². The van der Waals surface area contributed by atoms with E-state index in [2.05, 4.69) is 90.1 Å². The number of fused-ring (bicyclic) bond motifs is 1. The van der Waals surface area contributed by atoms with Crippen molar-refractivity contribution in [2.75, 3.05) is 0 Å². The average Bonchev–Trinajstić information content (AvgIpc) is 2.66. The van der Waals surface area contributed by atoms with Crippen molar-refractivity contribution < 1.29 is 0 Å². The molecule has 122 valence electrons. The van der Waals surface area contributed by atoms with Crippen LogP contribution in [0.2, 0.25) is 0 Å². The fraction of sp³-hybridized carbons (Fsp3) is 0.478. The van der Waals surface area contributed by atoms with Gasteiger partial charge in [-0.25, -0.2) is 0 Å². The SMILES string of the molecule is Cc1ccc2c(c1)C(CC(C)(C)C)(c1ccccc1)CC2(C)C. The number of hydrogen-bond donors (Lipinski definition) is 0. The van der Waals surface area contributed by atoms with Gasteiger partial charge < -0.3 is 0 Å². The summed E-state index contributed by atoms with van der Waals surface area (Å²) >= 11 is 0. The van der Waals surface area contributed by atoms with Gasteiger partial charge in [0.1, 0.15) is 0 Å². The van der Waals surface area contributed by atoms with Crippen LogP contribution >= 0.6 is 0 Å². The van der Waals surface area contributed by atoms with E-state index in [0.717, 1.165) is 0 Å². The standard InChI is InChI=1S/C23H30/c1-17-12-13-19-20(14-17)23(15-21(2,3)4,16-22(19,5)6)18-10-8-7-9-11-18/h7-14H,15-16H2,1-6H3. The third-order valence-corrected chi connectivity index (χ3v) is 5.32. The van der Waals surface area contributed by atoms with E-state index >= 15 is 0 Å². The van der Waals surface area contributed by atoms with Crippen LogP contribution in [0.5, 0.6) is 0 Å². The first-order valence-electron chi connectivity index (χ1n) is 8.81. The third-order valence-electron chi connectivity index (χ3n) is 5.32. The molecule has 0 amide bonds. The molecule has 2 aromatic rings. The summed E-state index contributed by atoms with van der Waals surface area (Å²) in [5, 5.41) is 0. The summed E-state index contributed by atoms with van der Waals surface area (Å²) in [7, 11) is 0. The highest BCUT2D eigenvalue weighted by Crippen LogP contribution is 2.57. The molecule has 0 saturated carbocycles. The van der Waals surface area contributed by atoms with Crippen molar-refractivity contribution in [3.05, 3.63) is 70.8 Å². The molecule has 0 saturated heterocycles. The molecule has 0 fully saturated rings. The van der Waals surface area contributed by atoms with Crippen molar-refractivity contribution >= 4 is 0 Å². The summed E-state index contributed by atoms with van der Waals surface area (Å²) in [5.74, 6) is 0. The Bertz CT molecular complexity index is 697. The molecule has 0 bridgehead atoms. The zero-order valence-electron chi connectivity index (χ0n) is 15.5. The van der Waals surface area contributed by atoms with Crippen LogP contribution in [-0.4, -0.2) is 0 Å². The highest BCUT2D eigenvalue weighted by atomic mass is 14.5. The smallest absolute Gasteiger partial charge is 0.0219 e. The summed E-state index contributed by atoms with van der Waals surface area (Å²) in [6.07, 6.45) is 2.38. The number of rotatable bonds is 2. The van der Waals surface area contributed by atoms with Crippen molar-refractivity contribution in [3.63, 3.8) is 0 Å². The van der Waals surface area contributed by atoms with E-state index < -0.39 is 0 Å². The molecule has 2 aromatic carbocycles. The fourth-order valence-corrected chi connectivity index (χ4v) is 4.77. The van der Waals surface area contributed by atoms with Crippen LogP contribution < -0.4 is 0 Å². The highest BCUT2D eigenvalue weighted by Gasteiger charge is 2.49. The zero-order valence-corrected chi connectivity index (χ0v) is 15.5. The van der Waals surface area contributed by atoms with E-state index in [1.807, 2.05) is 0 Å². The maximum Gasteiger partial charge on any atom is 0.0219 e. The summed E-state index contributed by atoms with van der Waals surface area (Å²) in [6.45, 7) is 14.2. The Kier molecular flexibility index (Phi) is 3.71. The minimum atomic E-state index is 0.129. The van der Waals surface area contributed by atoms with Gasteiger partial charge in [0.2, 0.25) is 0 Å². The molecule has 0 heterocycles. The van der Waals surface area contributed by atoms with Crippen LogP contribution in [0.1, 0.15) is 69.7 Å². The maximum absolute atomic E-state index is 2.45. The Labute approximate surface area is 141 Å². The molecular weight excluding hydrogens is 276 g/mol. The summed E-state index contributed by atoms with van der Waals surface area (Å²) < 4.78 is 0. The molecule has 1 atom stereocenters. The van der Waals surface area contributed by atoms with Crippen molar-refractivity contribution in [1.29, 1.82) is 0 Å². The predicted molar refractivity (Wildman–Crippen MR) is 100 cm³/mol. The van der Waals surface area contributed by atoms with Crippen molar-refractivity contribution in [1.82, 2.24) is 0 Å². The topological polar surface area (TPSA) is 0 Å². The van der Waals surface area contributed by atoms with Crippen LogP contribution in [0.25, 0.3) is 0 Å². The highest BCUT2D eigenvalue weighted by molar-refractivity contribution is 5.53. The van der Waals surface area contributed by atoms with Gasteiger partial charge in [0.15, 0.2) is 0 Å². The molecule has 0 spiro atoms. The Morgan fingerprint density at radius 1 is 0.913 bits per heavy atom.